The molecule has 1 saturated heterocycles. The highest BCUT2D eigenvalue weighted by Gasteiger charge is 2.46. The Balaban J connectivity index is 2.16. The molecule has 0 aliphatic carbocycles. The number of rotatable bonds is 6. The molecule has 0 bridgehead atoms. The Morgan fingerprint density at radius 1 is 1.21 bits per heavy atom. The minimum Gasteiger partial charge on any atom is -0.507 e. The molecule has 1 atom stereocenters. The number of Topliss-reactive ketones (excluding diaryl/α,β-unsaturated/α-hetero) is 1. The van der Waals surface area contributed by atoms with Crippen LogP contribution in [0.4, 0.5) is 0 Å². The van der Waals surface area contributed by atoms with E-state index in [0.29, 0.717) is 30.0 Å². The van der Waals surface area contributed by atoms with E-state index >= 15 is 0 Å². The van der Waals surface area contributed by atoms with Crippen LogP contribution in [0.15, 0.2) is 54.4 Å². The molecule has 146 valence electrons. The summed E-state index contributed by atoms with van der Waals surface area (Å²) < 4.78 is 5.31. The third kappa shape index (κ3) is 3.61. The number of aliphatic hydroxyl groups excluding tert-OH is 1. The molecule has 0 saturated carbocycles. The molecule has 1 amide bonds. The van der Waals surface area contributed by atoms with Crippen molar-refractivity contribution in [2.24, 2.45) is 0 Å². The van der Waals surface area contributed by atoms with Gasteiger partial charge in [0, 0.05) is 25.5 Å². The van der Waals surface area contributed by atoms with Crippen molar-refractivity contribution < 1.29 is 19.4 Å². The normalized spacial score (nSPS) is 18.7. The average molecular weight is 381 g/mol. The lowest BCUT2D eigenvalue weighted by Crippen LogP contribution is -2.35. The van der Waals surface area contributed by atoms with E-state index in [1.54, 1.807) is 48.8 Å². The van der Waals surface area contributed by atoms with Gasteiger partial charge < -0.3 is 19.6 Å². The highest BCUT2D eigenvalue weighted by atomic mass is 16.5. The largest absolute Gasteiger partial charge is 0.507 e. The van der Waals surface area contributed by atoms with E-state index in [4.69, 9.17) is 4.74 Å². The van der Waals surface area contributed by atoms with Crippen LogP contribution < -0.4 is 4.74 Å². The minimum atomic E-state index is -0.712. The van der Waals surface area contributed by atoms with Crippen LogP contribution in [0.25, 0.3) is 5.76 Å². The lowest BCUT2D eigenvalue weighted by molar-refractivity contribution is -0.140. The highest BCUT2D eigenvalue weighted by molar-refractivity contribution is 6.46. The Morgan fingerprint density at radius 3 is 2.61 bits per heavy atom. The summed E-state index contributed by atoms with van der Waals surface area (Å²) in [6.45, 7) is 0.929. The molecule has 7 heteroatoms. The molecule has 3 rings (SSSR count). The number of carbonyl (C=O) groups is 2. The second-order valence-electron chi connectivity index (χ2n) is 6.78. The van der Waals surface area contributed by atoms with E-state index in [2.05, 4.69) is 4.98 Å². The summed E-state index contributed by atoms with van der Waals surface area (Å²) in [5, 5.41) is 11.0. The highest BCUT2D eigenvalue weighted by Crippen LogP contribution is 2.40. The lowest BCUT2D eigenvalue weighted by Gasteiger charge is -2.26. The standard InChI is InChI=1S/C21H23N3O4/c1-23(2)11-12-24-18(14-7-6-10-22-13-14)17(20(26)21(24)27)19(25)15-8-4-5-9-16(15)28-3/h4-10,13,18,25H,11-12H2,1-3H3/b19-17+. The fourth-order valence-electron chi connectivity index (χ4n) is 3.29. The van der Waals surface area contributed by atoms with Crippen molar-refractivity contribution in [2.45, 2.75) is 6.04 Å². The van der Waals surface area contributed by atoms with Crippen molar-refractivity contribution in [3.63, 3.8) is 0 Å². The van der Waals surface area contributed by atoms with Crippen molar-refractivity contribution >= 4 is 17.4 Å². The van der Waals surface area contributed by atoms with Gasteiger partial charge in [-0.15, -0.1) is 0 Å². The van der Waals surface area contributed by atoms with Gasteiger partial charge in [0.25, 0.3) is 11.7 Å². The van der Waals surface area contributed by atoms with E-state index in [0.717, 1.165) is 0 Å². The van der Waals surface area contributed by atoms with E-state index in [9.17, 15) is 14.7 Å². The van der Waals surface area contributed by atoms with Gasteiger partial charge in [-0.05, 0) is 37.9 Å². The maximum absolute atomic E-state index is 12.9. The van der Waals surface area contributed by atoms with Gasteiger partial charge in [0.1, 0.15) is 11.5 Å². The first-order valence-electron chi connectivity index (χ1n) is 8.92. The van der Waals surface area contributed by atoms with Crippen LogP contribution >= 0.6 is 0 Å². The minimum absolute atomic E-state index is 0.0428. The number of pyridine rings is 1. The molecule has 1 aliphatic heterocycles. The van der Waals surface area contributed by atoms with Crippen LogP contribution in [0.5, 0.6) is 5.75 Å². The molecule has 1 N–H and O–H groups in total. The zero-order valence-electron chi connectivity index (χ0n) is 16.1. The number of nitrogens with zero attached hydrogens (tertiary/aromatic N) is 3. The number of hydrogen-bond acceptors (Lipinski definition) is 6. The summed E-state index contributed by atoms with van der Waals surface area (Å²) in [6.07, 6.45) is 3.23. The molecular weight excluding hydrogens is 358 g/mol. The molecule has 28 heavy (non-hydrogen) atoms. The summed E-state index contributed by atoms with van der Waals surface area (Å²) in [5.74, 6) is -1.18. The molecule has 0 radical (unpaired) electrons. The number of likely N-dealkylation sites (N-methyl/N-ethyl adjacent to an activating group) is 1. The lowest BCUT2D eigenvalue weighted by atomic mass is 9.96. The fourth-order valence-corrected chi connectivity index (χ4v) is 3.29. The molecule has 2 heterocycles. The predicted octanol–water partition coefficient (Wildman–Crippen LogP) is 2.07. The summed E-state index contributed by atoms with van der Waals surface area (Å²) in [4.78, 5) is 33.2. The van der Waals surface area contributed by atoms with E-state index < -0.39 is 17.7 Å². The maximum Gasteiger partial charge on any atom is 0.295 e. The number of methoxy groups -OCH3 is 1. The van der Waals surface area contributed by atoms with Crippen molar-refractivity contribution in [1.29, 1.82) is 0 Å². The van der Waals surface area contributed by atoms with Crippen LogP contribution in [-0.4, -0.2) is 65.9 Å². The van der Waals surface area contributed by atoms with Gasteiger partial charge in [-0.2, -0.15) is 0 Å². The van der Waals surface area contributed by atoms with Crippen LogP contribution in [0, 0.1) is 0 Å². The monoisotopic (exact) mass is 381 g/mol. The first kappa shape index (κ1) is 19.6. The Kier molecular flexibility index (Phi) is 5.75. The topological polar surface area (TPSA) is 83.0 Å². The van der Waals surface area contributed by atoms with Crippen molar-refractivity contribution in [3.8, 4) is 5.75 Å². The average Bonchev–Trinajstić information content (AvgIpc) is 2.97. The number of aliphatic hydroxyl groups is 1. The molecule has 1 unspecified atom stereocenters. The number of hydrogen-bond donors (Lipinski definition) is 1. The fraction of sp³-hybridized carbons (Fsp3) is 0.286. The molecule has 7 nitrogen and oxygen atoms in total. The SMILES string of the molecule is COc1ccccc1/C(O)=C1\C(=O)C(=O)N(CCN(C)C)C1c1cccnc1. The number of para-hydroxylation sites is 1. The number of benzene rings is 1. The van der Waals surface area contributed by atoms with E-state index in [1.165, 1.54) is 12.0 Å². The molecule has 2 aromatic rings. The predicted molar refractivity (Wildman–Crippen MR) is 105 cm³/mol. The summed E-state index contributed by atoms with van der Waals surface area (Å²) in [7, 11) is 5.27. The first-order chi connectivity index (χ1) is 13.5. The number of amides is 1. The van der Waals surface area contributed by atoms with Gasteiger partial charge in [0.2, 0.25) is 0 Å². The molecule has 0 spiro atoms. The second-order valence-corrected chi connectivity index (χ2v) is 6.78. The zero-order chi connectivity index (χ0) is 20.3. The van der Waals surface area contributed by atoms with Gasteiger partial charge in [0.05, 0.1) is 24.3 Å². The maximum atomic E-state index is 12.9. The van der Waals surface area contributed by atoms with Gasteiger partial charge in [-0.3, -0.25) is 14.6 Å². The Hall–Kier alpha value is -3.19. The summed E-state index contributed by atoms with van der Waals surface area (Å²) in [5.41, 5.74) is 1.07. The van der Waals surface area contributed by atoms with Crippen LogP contribution in [0.2, 0.25) is 0 Å². The van der Waals surface area contributed by atoms with Crippen molar-refractivity contribution in [1.82, 2.24) is 14.8 Å². The molecule has 1 aromatic carbocycles. The number of carbonyl (C=O) groups excluding carboxylic acids is 2. The number of ketones is 1. The Labute approximate surface area is 163 Å². The molecule has 1 aliphatic rings. The Bertz CT molecular complexity index is 909. The van der Waals surface area contributed by atoms with Gasteiger partial charge in [0.15, 0.2) is 0 Å². The number of likely N-dealkylation sites (tertiary alicyclic amines) is 1. The van der Waals surface area contributed by atoms with Crippen LogP contribution in [0.3, 0.4) is 0 Å². The van der Waals surface area contributed by atoms with Crippen LogP contribution in [0.1, 0.15) is 17.2 Å². The van der Waals surface area contributed by atoms with Gasteiger partial charge in [-0.25, -0.2) is 0 Å². The third-order valence-electron chi connectivity index (χ3n) is 4.69. The second kappa shape index (κ2) is 8.22. The van der Waals surface area contributed by atoms with Gasteiger partial charge >= 0.3 is 0 Å². The number of aromatic nitrogens is 1. The summed E-state index contributed by atoms with van der Waals surface area (Å²) in [6, 6.07) is 9.67. The zero-order valence-corrected chi connectivity index (χ0v) is 16.1. The third-order valence-corrected chi connectivity index (χ3v) is 4.69. The summed E-state index contributed by atoms with van der Waals surface area (Å²) >= 11 is 0. The molecule has 1 fully saturated rings. The molecule has 1 aromatic heterocycles. The first-order valence-corrected chi connectivity index (χ1v) is 8.92. The number of ether oxygens (including phenoxy) is 1. The van der Waals surface area contributed by atoms with Crippen molar-refractivity contribution in [3.05, 3.63) is 65.5 Å². The van der Waals surface area contributed by atoms with E-state index in [1.807, 2.05) is 19.0 Å². The van der Waals surface area contributed by atoms with Crippen LogP contribution in [-0.2, 0) is 9.59 Å². The van der Waals surface area contributed by atoms with E-state index in [-0.39, 0.29) is 11.3 Å². The van der Waals surface area contributed by atoms with Gasteiger partial charge in [-0.1, -0.05) is 18.2 Å². The quantitative estimate of drug-likeness (QED) is 0.469. The Morgan fingerprint density at radius 2 is 1.96 bits per heavy atom. The smallest absolute Gasteiger partial charge is 0.295 e. The van der Waals surface area contributed by atoms with Crippen molar-refractivity contribution in [2.75, 3.05) is 34.3 Å². The molecular formula is C21H23N3O4.